The van der Waals surface area contributed by atoms with Gasteiger partial charge in [-0.25, -0.2) is 14.5 Å². The lowest BCUT2D eigenvalue weighted by Crippen LogP contribution is -2.07. The van der Waals surface area contributed by atoms with E-state index in [0.717, 1.165) is 11.1 Å². The number of esters is 1. The number of hydrogen-bond donors (Lipinski definition) is 0. The number of nitrogens with zero attached hydrogens (tertiary/aromatic N) is 4. The highest BCUT2D eigenvalue weighted by Gasteiger charge is 2.21. The van der Waals surface area contributed by atoms with Gasteiger partial charge < -0.3 is 4.74 Å². The molecule has 2 aromatic carbocycles. The highest BCUT2D eigenvalue weighted by molar-refractivity contribution is 7.98. The van der Waals surface area contributed by atoms with Crippen molar-refractivity contribution in [2.24, 2.45) is 0 Å². The molecule has 0 bridgehead atoms. The van der Waals surface area contributed by atoms with Crippen LogP contribution in [0.5, 0.6) is 0 Å². The van der Waals surface area contributed by atoms with E-state index < -0.39 is 5.97 Å². The fourth-order valence-electron chi connectivity index (χ4n) is 2.86. The Hall–Kier alpha value is -2.68. The molecule has 0 radical (unpaired) electrons. The van der Waals surface area contributed by atoms with E-state index in [1.807, 2.05) is 55.6 Å². The predicted molar refractivity (Wildman–Crippen MR) is 121 cm³/mol. The number of carbonyl (C=O) groups excluding carboxylic acids is 1. The van der Waals surface area contributed by atoms with Crippen LogP contribution < -0.4 is 0 Å². The maximum Gasteiger partial charge on any atom is 0.359 e. The van der Waals surface area contributed by atoms with Gasteiger partial charge in [-0.3, -0.25) is 0 Å². The fraction of sp³-hybridized carbons (Fsp3) is 0.143. The second kappa shape index (κ2) is 8.99. The predicted octanol–water partition coefficient (Wildman–Crippen LogP) is 5.50. The molecule has 0 atom stereocenters. The molecule has 0 fully saturated rings. The summed E-state index contributed by atoms with van der Waals surface area (Å²) in [4.78, 5) is 17.1. The average Bonchev–Trinajstić information content (AvgIpc) is 3.40. The van der Waals surface area contributed by atoms with Crippen molar-refractivity contribution < 1.29 is 9.53 Å². The highest BCUT2D eigenvalue weighted by Crippen LogP contribution is 2.31. The minimum absolute atomic E-state index is 0.186. The third-order valence-electron chi connectivity index (χ3n) is 4.23. The van der Waals surface area contributed by atoms with Gasteiger partial charge in [0, 0.05) is 11.6 Å². The van der Waals surface area contributed by atoms with Gasteiger partial charge >= 0.3 is 5.97 Å². The number of hydrogen-bond acceptors (Lipinski definition) is 7. The third kappa shape index (κ3) is 4.26. The van der Waals surface area contributed by atoms with Gasteiger partial charge in [0.25, 0.3) is 0 Å². The van der Waals surface area contributed by atoms with Crippen molar-refractivity contribution in [2.45, 2.75) is 6.92 Å². The molecule has 0 aliphatic heterocycles. The van der Waals surface area contributed by atoms with Crippen LogP contribution in [0, 0.1) is 6.92 Å². The minimum Gasteiger partial charge on any atom is -0.450 e. The summed E-state index contributed by atoms with van der Waals surface area (Å²) >= 11 is 9.05. The molecule has 2 heterocycles. The molecule has 0 amide bonds. The molecule has 0 saturated carbocycles. The zero-order valence-corrected chi connectivity index (χ0v) is 18.6. The molecule has 0 N–H and O–H groups in total. The Morgan fingerprint density at radius 1 is 1.20 bits per heavy atom. The summed E-state index contributed by atoms with van der Waals surface area (Å²) in [5.74, 6) is 0.376. The topological polar surface area (TPSA) is 69.9 Å². The van der Waals surface area contributed by atoms with Gasteiger partial charge in [-0.05, 0) is 42.9 Å². The summed E-state index contributed by atoms with van der Waals surface area (Å²) < 4.78 is 11.3. The summed E-state index contributed by atoms with van der Waals surface area (Å²) in [6.45, 7) is 2.02. The van der Waals surface area contributed by atoms with Gasteiger partial charge in [0.05, 0.1) is 10.7 Å². The Morgan fingerprint density at radius 3 is 2.80 bits per heavy atom. The van der Waals surface area contributed by atoms with Crippen LogP contribution >= 0.6 is 34.9 Å². The normalized spacial score (nSPS) is 10.9. The lowest BCUT2D eigenvalue weighted by Gasteiger charge is -2.07. The molecule has 4 rings (SSSR count). The van der Waals surface area contributed by atoms with Crippen LogP contribution in [0.4, 0.5) is 0 Å². The molecule has 0 aliphatic carbocycles. The van der Waals surface area contributed by atoms with E-state index in [-0.39, 0.29) is 11.6 Å². The number of ether oxygens (including phenoxy) is 1. The highest BCUT2D eigenvalue weighted by atomic mass is 35.5. The van der Waals surface area contributed by atoms with Gasteiger partial charge in [-0.15, -0.1) is 11.8 Å². The van der Waals surface area contributed by atoms with Crippen LogP contribution in [-0.2, 0) is 4.74 Å². The molecular formula is C21H17ClN4O2S2. The minimum atomic E-state index is -0.500. The zero-order chi connectivity index (χ0) is 21.1. The molecule has 30 heavy (non-hydrogen) atoms. The Kier molecular flexibility index (Phi) is 6.17. The molecule has 0 aliphatic rings. The summed E-state index contributed by atoms with van der Waals surface area (Å²) in [7, 11) is 0. The van der Waals surface area contributed by atoms with Crippen LogP contribution in [0.2, 0.25) is 5.02 Å². The van der Waals surface area contributed by atoms with Gasteiger partial charge in [0.1, 0.15) is 11.6 Å². The SMILES string of the molecule is CSCOC(=O)c1cc(-c2nc(-c3cccc(C)c3)ns2)n(-c2ccccc2Cl)n1. The Balaban J connectivity index is 1.79. The molecule has 0 unspecified atom stereocenters. The maximum absolute atomic E-state index is 12.4. The number of para-hydroxylation sites is 1. The van der Waals surface area contributed by atoms with Crippen molar-refractivity contribution in [2.75, 3.05) is 12.2 Å². The quantitative estimate of drug-likeness (QED) is 0.282. The van der Waals surface area contributed by atoms with Crippen LogP contribution in [0.25, 0.3) is 27.8 Å². The summed E-state index contributed by atoms with van der Waals surface area (Å²) in [5.41, 5.74) is 3.51. The van der Waals surface area contributed by atoms with E-state index in [1.54, 1.807) is 16.8 Å². The smallest absolute Gasteiger partial charge is 0.359 e. The molecule has 0 saturated heterocycles. The first-order chi connectivity index (χ1) is 14.6. The van der Waals surface area contributed by atoms with Crippen molar-refractivity contribution in [1.82, 2.24) is 19.1 Å². The summed E-state index contributed by atoms with van der Waals surface area (Å²) in [6, 6.07) is 16.9. The molecule has 152 valence electrons. The fourth-order valence-corrected chi connectivity index (χ4v) is 3.98. The second-order valence-electron chi connectivity index (χ2n) is 6.41. The Morgan fingerprint density at radius 2 is 2.03 bits per heavy atom. The van der Waals surface area contributed by atoms with Crippen LogP contribution in [0.15, 0.2) is 54.6 Å². The monoisotopic (exact) mass is 456 g/mol. The van der Waals surface area contributed by atoms with Crippen LogP contribution in [0.3, 0.4) is 0 Å². The maximum atomic E-state index is 12.4. The van der Waals surface area contributed by atoms with Crippen molar-refractivity contribution >= 4 is 40.9 Å². The number of carbonyl (C=O) groups is 1. The van der Waals surface area contributed by atoms with Crippen molar-refractivity contribution in [3.63, 3.8) is 0 Å². The van der Waals surface area contributed by atoms with E-state index in [0.29, 0.717) is 27.2 Å². The van der Waals surface area contributed by atoms with E-state index in [4.69, 9.17) is 16.3 Å². The van der Waals surface area contributed by atoms with E-state index in [9.17, 15) is 4.79 Å². The number of aromatic nitrogens is 4. The molecule has 9 heteroatoms. The standard InChI is InChI=1S/C21H17ClN4O2S2/c1-13-6-5-7-14(10-13)19-23-20(30-25-19)18-11-16(21(27)28-12-29-2)24-26(18)17-9-4-3-8-15(17)22/h3-11H,12H2,1-2H3. The molecule has 4 aromatic rings. The van der Waals surface area contributed by atoms with Gasteiger partial charge in [-0.2, -0.15) is 9.47 Å². The molecule has 2 aromatic heterocycles. The number of benzene rings is 2. The first kappa shape index (κ1) is 20.6. The number of aryl methyl sites for hydroxylation is 1. The van der Waals surface area contributed by atoms with E-state index in [2.05, 4.69) is 14.5 Å². The average molecular weight is 457 g/mol. The van der Waals surface area contributed by atoms with Gasteiger partial charge in [0.2, 0.25) is 0 Å². The van der Waals surface area contributed by atoms with Crippen molar-refractivity contribution in [1.29, 1.82) is 0 Å². The first-order valence-electron chi connectivity index (χ1n) is 8.99. The number of thioether (sulfide) groups is 1. The molecular weight excluding hydrogens is 440 g/mol. The summed E-state index contributed by atoms with van der Waals surface area (Å²) in [5, 5.41) is 5.59. The molecule has 0 spiro atoms. The van der Waals surface area contributed by atoms with E-state index in [1.165, 1.54) is 23.3 Å². The van der Waals surface area contributed by atoms with E-state index >= 15 is 0 Å². The lowest BCUT2D eigenvalue weighted by molar-refractivity contribution is 0.0572. The third-order valence-corrected chi connectivity index (χ3v) is 5.64. The first-order valence-corrected chi connectivity index (χ1v) is 11.5. The number of halogens is 1. The zero-order valence-electron chi connectivity index (χ0n) is 16.2. The van der Waals surface area contributed by atoms with Crippen molar-refractivity contribution in [3.05, 3.63) is 70.9 Å². The lowest BCUT2D eigenvalue weighted by atomic mass is 10.1. The van der Waals surface area contributed by atoms with Crippen molar-refractivity contribution in [3.8, 4) is 27.8 Å². The second-order valence-corrected chi connectivity index (χ2v) is 8.38. The molecule has 6 nitrogen and oxygen atoms in total. The van der Waals surface area contributed by atoms with Crippen LogP contribution in [-0.4, -0.2) is 37.3 Å². The van der Waals surface area contributed by atoms with Gasteiger partial charge in [-0.1, -0.05) is 47.5 Å². The largest absolute Gasteiger partial charge is 0.450 e. The Bertz CT molecular complexity index is 1210. The van der Waals surface area contributed by atoms with Gasteiger partial charge in [0.15, 0.2) is 16.5 Å². The summed E-state index contributed by atoms with van der Waals surface area (Å²) in [6.07, 6.45) is 1.86. The van der Waals surface area contributed by atoms with Crippen LogP contribution in [0.1, 0.15) is 16.1 Å². The Labute approximate surface area is 187 Å². The number of rotatable bonds is 6.